The molecular weight excluding hydrogens is 379 g/mol. The molecule has 0 fully saturated rings. The van der Waals surface area contributed by atoms with Crippen LogP contribution in [0.5, 0.6) is 0 Å². The van der Waals surface area contributed by atoms with Crippen molar-refractivity contribution in [3.63, 3.8) is 0 Å². The summed E-state index contributed by atoms with van der Waals surface area (Å²) in [6, 6.07) is 21.0. The lowest BCUT2D eigenvalue weighted by atomic mass is 10.2. The van der Waals surface area contributed by atoms with Crippen molar-refractivity contribution in [1.82, 2.24) is 9.47 Å². The fourth-order valence-electron chi connectivity index (χ4n) is 3.45. The average molecular weight is 409 g/mol. The minimum absolute atomic E-state index is 0.201. The maximum atomic E-state index is 14.1. The molecule has 0 spiro atoms. The largest absolute Gasteiger partial charge is 0.389 e. The lowest BCUT2D eigenvalue weighted by Crippen LogP contribution is -2.35. The van der Waals surface area contributed by atoms with Gasteiger partial charge in [0.15, 0.2) is 0 Å². The van der Waals surface area contributed by atoms with Crippen LogP contribution < -0.4 is 0 Å². The molecule has 0 saturated carbocycles. The number of hydrogen-bond acceptors (Lipinski definition) is 3. The average Bonchev–Trinajstić information content (AvgIpc) is 3.17. The van der Waals surface area contributed by atoms with E-state index in [-0.39, 0.29) is 12.4 Å². The predicted molar refractivity (Wildman–Crippen MR) is 118 cm³/mol. The fraction of sp³-hybridized carbons (Fsp3) is 0.280. The van der Waals surface area contributed by atoms with E-state index in [2.05, 4.69) is 28.2 Å². The summed E-state index contributed by atoms with van der Waals surface area (Å²) < 4.78 is 21.6. The first-order valence-electron chi connectivity index (χ1n) is 10.2. The van der Waals surface area contributed by atoms with Gasteiger partial charge in [0.05, 0.1) is 25.9 Å². The van der Waals surface area contributed by atoms with Gasteiger partial charge in [-0.15, -0.1) is 6.58 Å². The summed E-state index contributed by atoms with van der Waals surface area (Å²) >= 11 is 0. The first kappa shape index (κ1) is 22.0. The number of aliphatic hydroxyl groups excluding tert-OH is 1. The van der Waals surface area contributed by atoms with Gasteiger partial charge in [0.25, 0.3) is 0 Å². The molecule has 4 nitrogen and oxygen atoms in total. The van der Waals surface area contributed by atoms with Crippen molar-refractivity contribution in [3.8, 4) is 0 Å². The van der Waals surface area contributed by atoms with E-state index in [1.54, 1.807) is 12.1 Å². The molecule has 30 heavy (non-hydrogen) atoms. The van der Waals surface area contributed by atoms with E-state index >= 15 is 0 Å². The van der Waals surface area contributed by atoms with Crippen LogP contribution in [0.3, 0.4) is 0 Å². The molecule has 1 atom stereocenters. The number of hydrogen-bond donors (Lipinski definition) is 1. The van der Waals surface area contributed by atoms with Crippen LogP contribution in [0.2, 0.25) is 0 Å². The summed E-state index contributed by atoms with van der Waals surface area (Å²) in [4.78, 5) is 2.18. The lowest BCUT2D eigenvalue weighted by molar-refractivity contribution is 0.0224. The molecule has 158 valence electrons. The molecule has 1 N–H and O–H groups in total. The van der Waals surface area contributed by atoms with Crippen LogP contribution >= 0.6 is 0 Å². The Hall–Kier alpha value is -2.73. The zero-order chi connectivity index (χ0) is 21.2. The summed E-state index contributed by atoms with van der Waals surface area (Å²) in [6.45, 7) is 6.58. The molecule has 0 saturated heterocycles. The number of benzene rings is 2. The van der Waals surface area contributed by atoms with Gasteiger partial charge >= 0.3 is 0 Å². The molecule has 0 amide bonds. The zero-order valence-corrected chi connectivity index (χ0v) is 17.2. The van der Waals surface area contributed by atoms with Gasteiger partial charge in [0, 0.05) is 37.1 Å². The highest BCUT2D eigenvalue weighted by atomic mass is 19.1. The van der Waals surface area contributed by atoms with E-state index in [1.807, 2.05) is 48.7 Å². The Morgan fingerprint density at radius 3 is 2.57 bits per heavy atom. The molecule has 1 aromatic heterocycles. The third-order valence-electron chi connectivity index (χ3n) is 4.87. The highest BCUT2D eigenvalue weighted by molar-refractivity contribution is 5.20. The highest BCUT2D eigenvalue weighted by Gasteiger charge is 2.15. The Kier molecular flexibility index (Phi) is 8.39. The molecule has 0 bridgehead atoms. The molecule has 2 aromatic carbocycles. The molecule has 1 heterocycles. The smallest absolute Gasteiger partial charge is 0.128 e. The van der Waals surface area contributed by atoms with Crippen molar-refractivity contribution in [2.75, 3.05) is 19.8 Å². The van der Waals surface area contributed by atoms with Gasteiger partial charge in [-0.1, -0.05) is 54.6 Å². The standard InChI is InChI=1S/C25H29FN2O2/c1-2-15-30-20-24(29)19-27(16-21-9-4-3-5-10-21)18-23-12-8-14-28(23)17-22-11-6-7-13-25(22)26/h2-14,24,29H,1,15-20H2/t24-/m1/s1. The van der Waals surface area contributed by atoms with E-state index in [0.717, 1.165) is 5.69 Å². The monoisotopic (exact) mass is 408 g/mol. The Bertz CT molecular complexity index is 910. The van der Waals surface area contributed by atoms with Gasteiger partial charge in [-0.2, -0.15) is 0 Å². The SMILES string of the molecule is C=CCOC[C@H](O)CN(Cc1ccccc1)Cc1cccn1Cc1ccccc1F. The molecule has 0 radical (unpaired) electrons. The number of aromatic nitrogens is 1. The van der Waals surface area contributed by atoms with Crippen molar-refractivity contribution < 1.29 is 14.2 Å². The second-order valence-corrected chi connectivity index (χ2v) is 7.35. The number of aliphatic hydroxyl groups is 1. The molecular formula is C25H29FN2O2. The van der Waals surface area contributed by atoms with Crippen LogP contribution in [0, 0.1) is 5.82 Å². The summed E-state index contributed by atoms with van der Waals surface area (Å²) in [5.41, 5.74) is 2.89. The number of ether oxygens (including phenoxy) is 1. The Morgan fingerprint density at radius 2 is 1.80 bits per heavy atom. The third kappa shape index (κ3) is 6.66. The van der Waals surface area contributed by atoms with Gasteiger partial charge in [-0.25, -0.2) is 4.39 Å². The van der Waals surface area contributed by atoms with Crippen LogP contribution in [0.15, 0.2) is 85.6 Å². The molecule has 5 heteroatoms. The molecule has 0 aliphatic heterocycles. The van der Waals surface area contributed by atoms with Crippen molar-refractivity contribution in [1.29, 1.82) is 0 Å². The van der Waals surface area contributed by atoms with Crippen LogP contribution in [-0.4, -0.2) is 40.4 Å². The molecule has 0 unspecified atom stereocenters. The Morgan fingerprint density at radius 1 is 1.03 bits per heavy atom. The minimum atomic E-state index is -0.608. The topological polar surface area (TPSA) is 37.6 Å². The van der Waals surface area contributed by atoms with Crippen molar-refractivity contribution in [2.24, 2.45) is 0 Å². The first-order valence-corrected chi connectivity index (χ1v) is 10.2. The van der Waals surface area contributed by atoms with E-state index in [1.165, 1.54) is 11.6 Å². The lowest BCUT2D eigenvalue weighted by Gasteiger charge is -2.26. The molecule has 3 rings (SSSR count). The quantitative estimate of drug-likeness (QED) is 0.360. The van der Waals surface area contributed by atoms with Crippen molar-refractivity contribution in [3.05, 3.63) is 108 Å². The van der Waals surface area contributed by atoms with E-state index in [4.69, 9.17) is 4.74 Å². The number of rotatable bonds is 12. The maximum absolute atomic E-state index is 14.1. The minimum Gasteiger partial charge on any atom is -0.389 e. The first-order chi connectivity index (χ1) is 14.7. The molecule has 0 aliphatic carbocycles. The van der Waals surface area contributed by atoms with Gasteiger partial charge in [-0.3, -0.25) is 4.90 Å². The Labute approximate surface area is 177 Å². The van der Waals surface area contributed by atoms with Crippen molar-refractivity contribution in [2.45, 2.75) is 25.7 Å². The molecule has 3 aromatic rings. The van der Waals surface area contributed by atoms with Crippen molar-refractivity contribution >= 4 is 0 Å². The van der Waals surface area contributed by atoms with Gasteiger partial charge < -0.3 is 14.4 Å². The van der Waals surface area contributed by atoms with Crippen LogP contribution in [-0.2, 0) is 24.4 Å². The van der Waals surface area contributed by atoms with E-state index in [9.17, 15) is 9.50 Å². The van der Waals surface area contributed by atoms with Gasteiger partial charge in [-0.05, 0) is 23.8 Å². The summed E-state index contributed by atoms with van der Waals surface area (Å²) in [5.74, 6) is -0.201. The van der Waals surface area contributed by atoms with Crippen LogP contribution in [0.4, 0.5) is 4.39 Å². The van der Waals surface area contributed by atoms with E-state index < -0.39 is 6.10 Å². The highest BCUT2D eigenvalue weighted by Crippen LogP contribution is 2.15. The second-order valence-electron chi connectivity index (χ2n) is 7.35. The molecule has 0 aliphatic rings. The normalized spacial score (nSPS) is 12.2. The van der Waals surface area contributed by atoms with Crippen LogP contribution in [0.1, 0.15) is 16.8 Å². The maximum Gasteiger partial charge on any atom is 0.128 e. The summed E-state index contributed by atoms with van der Waals surface area (Å²) in [5, 5.41) is 10.4. The number of nitrogens with zero attached hydrogens (tertiary/aromatic N) is 2. The van der Waals surface area contributed by atoms with Crippen LogP contribution in [0.25, 0.3) is 0 Å². The van der Waals surface area contributed by atoms with E-state index in [0.29, 0.717) is 38.3 Å². The predicted octanol–water partition coefficient (Wildman–Crippen LogP) is 4.24. The fourth-order valence-corrected chi connectivity index (χ4v) is 3.45. The van der Waals surface area contributed by atoms with Gasteiger partial charge in [0.2, 0.25) is 0 Å². The third-order valence-corrected chi connectivity index (χ3v) is 4.87. The van der Waals surface area contributed by atoms with Gasteiger partial charge in [0.1, 0.15) is 5.82 Å². The summed E-state index contributed by atoms with van der Waals surface area (Å²) in [6.07, 6.45) is 3.03. The summed E-state index contributed by atoms with van der Waals surface area (Å²) in [7, 11) is 0. The second kappa shape index (κ2) is 11.5. The zero-order valence-electron chi connectivity index (χ0n) is 17.2. The Balaban J connectivity index is 1.71. The number of halogens is 1.